The fourth-order valence-corrected chi connectivity index (χ4v) is 4.35. The summed E-state index contributed by atoms with van der Waals surface area (Å²) < 4.78 is 25.4. The van der Waals surface area contributed by atoms with Crippen LogP contribution in [0.15, 0.2) is 22.0 Å². The van der Waals surface area contributed by atoms with Gasteiger partial charge in [0, 0.05) is 18.7 Å². The van der Waals surface area contributed by atoms with Crippen molar-refractivity contribution < 1.29 is 34.0 Å². The van der Waals surface area contributed by atoms with Crippen molar-refractivity contribution in [1.82, 2.24) is 24.5 Å². The van der Waals surface area contributed by atoms with Crippen LogP contribution in [0, 0.1) is 0 Å². The second kappa shape index (κ2) is 10.2. The van der Waals surface area contributed by atoms with Crippen LogP contribution in [-0.4, -0.2) is 75.0 Å². The Bertz CT molecular complexity index is 1160. The molecule has 190 valence electrons. The molecule has 14 nitrogen and oxygen atoms in total. The molecule has 0 radical (unpaired) electrons. The van der Waals surface area contributed by atoms with E-state index in [0.29, 0.717) is 5.69 Å². The van der Waals surface area contributed by atoms with Crippen molar-refractivity contribution in [1.29, 1.82) is 0 Å². The first kappa shape index (κ1) is 26.4. The molecule has 5 N–H and O–H groups in total. The highest BCUT2D eigenvalue weighted by atomic mass is 31.2. The number of aromatic amines is 1. The van der Waals surface area contributed by atoms with Gasteiger partial charge in [-0.1, -0.05) is 5.21 Å². The van der Waals surface area contributed by atoms with Crippen LogP contribution in [0.2, 0.25) is 0 Å². The number of hydrogen-bond acceptors (Lipinski definition) is 10. The summed E-state index contributed by atoms with van der Waals surface area (Å²) in [5.74, 6) is -1.61. The minimum atomic E-state index is -4.29. The van der Waals surface area contributed by atoms with Gasteiger partial charge in [0.15, 0.2) is 5.85 Å². The predicted molar refractivity (Wildman–Crippen MR) is 117 cm³/mol. The number of aliphatic hydroxyl groups is 3. The quantitative estimate of drug-likeness (QED) is 0.269. The molecule has 5 unspecified atom stereocenters. The molecule has 2 aromatic rings. The van der Waals surface area contributed by atoms with Crippen LogP contribution >= 0.6 is 7.60 Å². The van der Waals surface area contributed by atoms with Gasteiger partial charge in [0.1, 0.15) is 24.0 Å². The largest absolute Gasteiger partial charge is 0.388 e. The minimum Gasteiger partial charge on any atom is -0.388 e. The molecular formula is C19H30N5O9P. The van der Waals surface area contributed by atoms with E-state index in [0.717, 1.165) is 6.92 Å². The number of rotatable bonds is 9. The van der Waals surface area contributed by atoms with E-state index in [1.165, 1.54) is 17.7 Å². The Morgan fingerprint density at radius 3 is 2.47 bits per heavy atom. The van der Waals surface area contributed by atoms with Crippen LogP contribution in [0.3, 0.4) is 0 Å². The first-order valence-corrected chi connectivity index (χ1v) is 12.4. The third-order valence-electron chi connectivity index (χ3n) is 5.49. The van der Waals surface area contributed by atoms with E-state index in [9.17, 15) is 34.4 Å². The summed E-state index contributed by atoms with van der Waals surface area (Å²) in [6, 6.07) is 0.0660. The average molecular weight is 503 g/mol. The van der Waals surface area contributed by atoms with E-state index in [1.54, 1.807) is 10.9 Å². The van der Waals surface area contributed by atoms with E-state index in [4.69, 9.17) is 9.26 Å². The van der Waals surface area contributed by atoms with Gasteiger partial charge in [0.05, 0.1) is 30.5 Å². The predicted octanol–water partition coefficient (Wildman–Crippen LogP) is -0.762. The molecule has 1 aliphatic rings. The van der Waals surface area contributed by atoms with Gasteiger partial charge in [0.25, 0.3) is 5.56 Å². The summed E-state index contributed by atoms with van der Waals surface area (Å²) in [6.45, 7) is 6.38. The second-order valence-electron chi connectivity index (χ2n) is 8.68. The van der Waals surface area contributed by atoms with E-state index in [-0.39, 0.29) is 24.6 Å². The maximum atomic E-state index is 12.5. The van der Waals surface area contributed by atoms with Crippen molar-refractivity contribution in [2.24, 2.45) is 0 Å². The lowest BCUT2D eigenvalue weighted by atomic mass is 10.0. The zero-order chi connectivity index (χ0) is 25.4. The average Bonchev–Trinajstić information content (AvgIpc) is 3.30. The Morgan fingerprint density at radius 1 is 1.21 bits per heavy atom. The van der Waals surface area contributed by atoms with Crippen molar-refractivity contribution in [3.63, 3.8) is 0 Å². The number of aromatic nitrogens is 5. The Morgan fingerprint density at radius 2 is 1.88 bits per heavy atom. The monoisotopic (exact) mass is 503 g/mol. The van der Waals surface area contributed by atoms with Crippen molar-refractivity contribution in [2.45, 2.75) is 83.1 Å². The molecule has 0 bridgehead atoms. The number of H-pyrrole nitrogens is 1. The maximum absolute atomic E-state index is 12.5. The van der Waals surface area contributed by atoms with E-state index >= 15 is 0 Å². The molecule has 0 amide bonds. The second-order valence-corrected chi connectivity index (χ2v) is 10.8. The van der Waals surface area contributed by atoms with Crippen molar-refractivity contribution in [3.8, 4) is 0 Å². The number of aliphatic hydroxyl groups excluding tert-OH is 3. The molecule has 0 saturated carbocycles. The van der Waals surface area contributed by atoms with Crippen LogP contribution in [0.4, 0.5) is 0 Å². The molecule has 15 heteroatoms. The molecule has 0 aromatic carbocycles. The van der Waals surface area contributed by atoms with Gasteiger partial charge >= 0.3 is 13.3 Å². The van der Waals surface area contributed by atoms with Gasteiger partial charge in [-0.2, -0.15) is 0 Å². The SMILES string of the molecule is CC(C[C@H]1O[C@@H](c2cn(Cc3cn(C(C)C)nn3)c(=O)[nH]c2=O)C(O)C1O)OP(=O)(O)C(C)O. The smallest absolute Gasteiger partial charge is 0.356 e. The molecule has 0 spiro atoms. The Hall–Kier alpha value is -2.19. The summed E-state index contributed by atoms with van der Waals surface area (Å²) in [5.41, 5.74) is -1.11. The molecule has 34 heavy (non-hydrogen) atoms. The summed E-state index contributed by atoms with van der Waals surface area (Å²) in [5, 5.41) is 38.3. The van der Waals surface area contributed by atoms with Gasteiger partial charge < -0.3 is 29.5 Å². The van der Waals surface area contributed by atoms with Crippen molar-refractivity contribution in [2.75, 3.05) is 0 Å². The normalized spacial score (nSPS) is 26.5. The highest BCUT2D eigenvalue weighted by Gasteiger charge is 2.45. The topological polar surface area (TPSA) is 202 Å². The number of hydrogen-bond donors (Lipinski definition) is 5. The zero-order valence-electron chi connectivity index (χ0n) is 19.2. The highest BCUT2D eigenvalue weighted by molar-refractivity contribution is 7.53. The Balaban J connectivity index is 1.79. The molecule has 3 heterocycles. The third kappa shape index (κ3) is 5.71. The summed E-state index contributed by atoms with van der Waals surface area (Å²) in [7, 11) is -4.29. The first-order chi connectivity index (χ1) is 15.8. The molecule has 1 fully saturated rings. The van der Waals surface area contributed by atoms with Gasteiger partial charge in [-0.15, -0.1) is 5.10 Å². The number of nitrogens with zero attached hydrogens (tertiary/aromatic N) is 4. The number of ether oxygens (including phenoxy) is 1. The molecular weight excluding hydrogens is 473 g/mol. The lowest BCUT2D eigenvalue weighted by molar-refractivity contribution is -0.0167. The van der Waals surface area contributed by atoms with Crippen LogP contribution in [0.5, 0.6) is 0 Å². The van der Waals surface area contributed by atoms with Gasteiger partial charge in [-0.25, -0.2) is 9.48 Å². The molecule has 1 saturated heterocycles. The molecule has 7 atom stereocenters. The minimum absolute atomic E-state index is 0.000133. The Labute approximate surface area is 194 Å². The van der Waals surface area contributed by atoms with E-state index < -0.39 is 55.2 Å². The summed E-state index contributed by atoms with van der Waals surface area (Å²) >= 11 is 0. The fourth-order valence-electron chi connectivity index (χ4n) is 3.58. The molecule has 3 rings (SSSR count). The maximum Gasteiger partial charge on any atom is 0.356 e. The van der Waals surface area contributed by atoms with Crippen molar-refractivity contribution in [3.05, 3.63) is 44.5 Å². The van der Waals surface area contributed by atoms with E-state index in [1.807, 2.05) is 13.8 Å². The first-order valence-electron chi connectivity index (χ1n) is 10.7. The van der Waals surface area contributed by atoms with E-state index in [2.05, 4.69) is 15.3 Å². The number of nitrogens with one attached hydrogen (secondary N) is 1. The van der Waals surface area contributed by atoms with Crippen molar-refractivity contribution >= 4 is 7.60 Å². The molecule has 1 aliphatic heterocycles. The lowest BCUT2D eigenvalue weighted by Crippen LogP contribution is -2.36. The zero-order valence-corrected chi connectivity index (χ0v) is 20.1. The highest BCUT2D eigenvalue weighted by Crippen LogP contribution is 2.48. The summed E-state index contributed by atoms with van der Waals surface area (Å²) in [6.07, 6.45) is -3.41. The van der Waals surface area contributed by atoms with Gasteiger partial charge in [-0.3, -0.25) is 18.9 Å². The Kier molecular flexibility index (Phi) is 7.92. The van der Waals surface area contributed by atoms with Gasteiger partial charge in [-0.05, 0) is 27.7 Å². The van der Waals surface area contributed by atoms with Crippen LogP contribution in [-0.2, 0) is 20.4 Å². The standard InChI is InChI=1S/C19H30N5O9P/c1-9(2)24-7-12(21-22-24)6-23-8-13(18(28)20-19(23)29)17-16(27)15(26)14(32-17)5-10(3)33-34(30,31)11(4)25/h7-11,14-17,25-27H,5-6H2,1-4H3,(H,30,31)(H,20,28,29)/t10?,11?,14-,15?,16?,17+/m1/s1. The van der Waals surface area contributed by atoms with Gasteiger partial charge in [0.2, 0.25) is 0 Å². The summed E-state index contributed by atoms with van der Waals surface area (Å²) in [4.78, 5) is 36.6. The third-order valence-corrected chi connectivity index (χ3v) is 7.10. The van der Waals surface area contributed by atoms with Crippen LogP contribution in [0.1, 0.15) is 57.5 Å². The fraction of sp³-hybridized carbons (Fsp3) is 0.684. The lowest BCUT2D eigenvalue weighted by Gasteiger charge is -2.23. The van der Waals surface area contributed by atoms with Crippen LogP contribution < -0.4 is 11.2 Å². The molecule has 0 aliphatic carbocycles. The van der Waals surface area contributed by atoms with Crippen LogP contribution in [0.25, 0.3) is 0 Å². The molecule has 2 aromatic heterocycles.